The number of rotatable bonds is 8. The lowest BCUT2D eigenvalue weighted by Crippen LogP contribution is -2.24. The van der Waals surface area contributed by atoms with E-state index in [0.29, 0.717) is 27.3 Å². The Labute approximate surface area is 192 Å². The van der Waals surface area contributed by atoms with Gasteiger partial charge in [0.1, 0.15) is 16.3 Å². The number of hydrogen-bond donors (Lipinski definition) is 1. The second kappa shape index (κ2) is 9.86. The fourth-order valence-electron chi connectivity index (χ4n) is 3.53. The smallest absolute Gasteiger partial charge is 0.344 e. The fourth-order valence-corrected chi connectivity index (χ4v) is 4.83. The van der Waals surface area contributed by atoms with Gasteiger partial charge in [-0.15, -0.1) is 11.3 Å². The number of carbonyl (C=O) groups excluding carboxylic acids is 3. The van der Waals surface area contributed by atoms with Crippen molar-refractivity contribution >= 4 is 45.2 Å². The Morgan fingerprint density at radius 1 is 1.09 bits per heavy atom. The SMILES string of the molecule is CCOC(=O)c1c(NC(=O)COC(=O)COc2ccc3ccc(=O)oc3c2)sc2c1CCC2. The zero-order chi connectivity index (χ0) is 23.4. The van der Waals surface area contributed by atoms with E-state index >= 15 is 0 Å². The van der Waals surface area contributed by atoms with Crippen molar-refractivity contribution in [3.8, 4) is 5.75 Å². The zero-order valence-electron chi connectivity index (χ0n) is 17.8. The van der Waals surface area contributed by atoms with Crippen LogP contribution in [-0.2, 0) is 31.9 Å². The van der Waals surface area contributed by atoms with Crippen LogP contribution in [0, 0.1) is 0 Å². The lowest BCUT2D eigenvalue weighted by Gasteiger charge is -2.09. The van der Waals surface area contributed by atoms with E-state index in [0.717, 1.165) is 29.7 Å². The summed E-state index contributed by atoms with van der Waals surface area (Å²) in [6.07, 6.45) is 2.58. The van der Waals surface area contributed by atoms with Crippen molar-refractivity contribution in [3.05, 3.63) is 56.8 Å². The molecule has 10 heteroatoms. The van der Waals surface area contributed by atoms with Crippen LogP contribution < -0.4 is 15.7 Å². The minimum atomic E-state index is -0.751. The Bertz CT molecular complexity index is 1280. The van der Waals surface area contributed by atoms with Gasteiger partial charge in [0, 0.05) is 22.4 Å². The molecule has 0 radical (unpaired) electrons. The van der Waals surface area contributed by atoms with Crippen molar-refractivity contribution in [2.75, 3.05) is 25.1 Å². The molecule has 1 aliphatic rings. The summed E-state index contributed by atoms with van der Waals surface area (Å²) in [6, 6.07) is 7.73. The molecule has 0 unspecified atom stereocenters. The molecule has 9 nitrogen and oxygen atoms in total. The first-order valence-electron chi connectivity index (χ1n) is 10.4. The largest absolute Gasteiger partial charge is 0.482 e. The maximum Gasteiger partial charge on any atom is 0.344 e. The van der Waals surface area contributed by atoms with Crippen molar-refractivity contribution < 1.29 is 33.0 Å². The van der Waals surface area contributed by atoms with Gasteiger partial charge in [-0.25, -0.2) is 14.4 Å². The van der Waals surface area contributed by atoms with Gasteiger partial charge in [-0.2, -0.15) is 0 Å². The number of aryl methyl sites for hydroxylation is 1. The van der Waals surface area contributed by atoms with Gasteiger partial charge in [0.25, 0.3) is 5.91 Å². The van der Waals surface area contributed by atoms with Crippen LogP contribution >= 0.6 is 11.3 Å². The molecule has 1 aliphatic carbocycles. The summed E-state index contributed by atoms with van der Waals surface area (Å²) < 4.78 is 20.5. The highest BCUT2D eigenvalue weighted by Gasteiger charge is 2.28. The first-order valence-corrected chi connectivity index (χ1v) is 11.2. The van der Waals surface area contributed by atoms with Gasteiger partial charge in [0.15, 0.2) is 13.2 Å². The average Bonchev–Trinajstić information content (AvgIpc) is 3.36. The summed E-state index contributed by atoms with van der Waals surface area (Å²) in [5, 5.41) is 3.77. The number of anilines is 1. The third-order valence-electron chi connectivity index (χ3n) is 4.97. The summed E-state index contributed by atoms with van der Waals surface area (Å²) in [4.78, 5) is 49.1. The molecule has 1 N–H and O–H groups in total. The van der Waals surface area contributed by atoms with Gasteiger partial charge in [0.05, 0.1) is 12.2 Å². The highest BCUT2D eigenvalue weighted by atomic mass is 32.1. The summed E-state index contributed by atoms with van der Waals surface area (Å²) >= 11 is 1.35. The van der Waals surface area contributed by atoms with E-state index in [1.807, 2.05) is 0 Å². The zero-order valence-corrected chi connectivity index (χ0v) is 18.6. The monoisotopic (exact) mass is 471 g/mol. The van der Waals surface area contributed by atoms with Crippen LogP contribution in [0.2, 0.25) is 0 Å². The summed E-state index contributed by atoms with van der Waals surface area (Å²) in [6.45, 7) is 0.993. The highest BCUT2D eigenvalue weighted by Crippen LogP contribution is 2.39. The van der Waals surface area contributed by atoms with Gasteiger partial charge in [-0.3, -0.25) is 4.79 Å². The van der Waals surface area contributed by atoms with Crippen LogP contribution in [0.4, 0.5) is 5.00 Å². The van der Waals surface area contributed by atoms with Gasteiger partial charge in [-0.05, 0) is 49.9 Å². The highest BCUT2D eigenvalue weighted by molar-refractivity contribution is 7.17. The Balaban J connectivity index is 1.31. The van der Waals surface area contributed by atoms with Crippen molar-refractivity contribution in [2.45, 2.75) is 26.2 Å². The van der Waals surface area contributed by atoms with Crippen LogP contribution in [0.15, 0.2) is 39.5 Å². The molecule has 3 aromatic rings. The van der Waals surface area contributed by atoms with Gasteiger partial charge in [-0.1, -0.05) is 0 Å². The second-order valence-corrected chi connectivity index (χ2v) is 8.34. The summed E-state index contributed by atoms with van der Waals surface area (Å²) in [5.74, 6) is -1.48. The van der Waals surface area contributed by atoms with Gasteiger partial charge < -0.3 is 23.9 Å². The number of fused-ring (bicyclic) bond motifs is 2. The van der Waals surface area contributed by atoms with E-state index in [4.69, 9.17) is 18.6 Å². The number of hydrogen-bond acceptors (Lipinski definition) is 9. The predicted octanol–water partition coefficient (Wildman–Crippen LogP) is 3.08. The molecule has 172 valence electrons. The number of ether oxygens (including phenoxy) is 3. The van der Waals surface area contributed by atoms with E-state index in [2.05, 4.69) is 5.32 Å². The van der Waals surface area contributed by atoms with Crippen molar-refractivity contribution in [1.29, 1.82) is 0 Å². The second-order valence-electron chi connectivity index (χ2n) is 7.23. The molecule has 2 heterocycles. The Kier molecular flexibility index (Phi) is 6.74. The first-order chi connectivity index (χ1) is 15.9. The molecule has 0 saturated carbocycles. The fraction of sp³-hybridized carbons (Fsp3) is 0.304. The maximum absolute atomic E-state index is 12.4. The van der Waals surface area contributed by atoms with Crippen LogP contribution in [0.25, 0.3) is 11.0 Å². The Morgan fingerprint density at radius 2 is 1.91 bits per heavy atom. The molecular weight excluding hydrogens is 450 g/mol. The van der Waals surface area contributed by atoms with Crippen LogP contribution in [-0.4, -0.2) is 37.7 Å². The summed E-state index contributed by atoms with van der Waals surface area (Å²) in [7, 11) is 0. The molecule has 1 amide bonds. The number of nitrogens with one attached hydrogen (secondary N) is 1. The van der Waals surface area contributed by atoms with Crippen molar-refractivity contribution in [2.24, 2.45) is 0 Å². The number of thiophene rings is 1. The third-order valence-corrected chi connectivity index (χ3v) is 6.18. The normalized spacial score (nSPS) is 12.3. The predicted molar refractivity (Wildman–Crippen MR) is 120 cm³/mol. The number of esters is 2. The Hall–Kier alpha value is -3.66. The van der Waals surface area contributed by atoms with Crippen LogP contribution in [0.3, 0.4) is 0 Å². The molecule has 0 atom stereocenters. The van der Waals surface area contributed by atoms with E-state index < -0.39 is 36.7 Å². The van der Waals surface area contributed by atoms with Crippen LogP contribution in [0.5, 0.6) is 5.75 Å². The third kappa shape index (κ3) is 5.23. The van der Waals surface area contributed by atoms with E-state index in [1.54, 1.807) is 25.1 Å². The van der Waals surface area contributed by atoms with E-state index in [-0.39, 0.29) is 6.61 Å². The van der Waals surface area contributed by atoms with E-state index in [1.165, 1.54) is 23.5 Å². The molecule has 2 aromatic heterocycles. The lowest BCUT2D eigenvalue weighted by atomic mass is 10.1. The minimum absolute atomic E-state index is 0.234. The van der Waals surface area contributed by atoms with Crippen molar-refractivity contribution in [1.82, 2.24) is 0 Å². The number of carbonyl (C=O) groups is 3. The minimum Gasteiger partial charge on any atom is -0.482 e. The maximum atomic E-state index is 12.4. The van der Waals surface area contributed by atoms with Crippen LogP contribution in [0.1, 0.15) is 34.1 Å². The molecule has 0 spiro atoms. The molecular formula is C23H21NO8S. The number of amides is 1. The molecule has 1 aromatic carbocycles. The quantitative estimate of drug-likeness (QED) is 0.393. The molecule has 0 fully saturated rings. The lowest BCUT2D eigenvalue weighted by molar-refractivity contribution is -0.149. The first kappa shape index (κ1) is 22.5. The topological polar surface area (TPSA) is 121 Å². The van der Waals surface area contributed by atoms with Gasteiger partial charge >= 0.3 is 17.6 Å². The Morgan fingerprint density at radius 3 is 2.73 bits per heavy atom. The standard InChI is InChI=1S/C23H21NO8S/c1-2-29-23(28)21-15-4-3-5-17(15)33-22(21)24-18(25)11-31-20(27)12-30-14-8-6-13-7-9-19(26)32-16(13)10-14/h6-10H,2-5,11-12H2,1H3,(H,24,25). The van der Waals surface area contributed by atoms with E-state index in [9.17, 15) is 19.2 Å². The van der Waals surface area contributed by atoms with Gasteiger partial charge in [0.2, 0.25) is 0 Å². The molecule has 4 rings (SSSR count). The number of benzene rings is 1. The molecule has 33 heavy (non-hydrogen) atoms. The van der Waals surface area contributed by atoms with Crippen molar-refractivity contribution in [3.63, 3.8) is 0 Å². The average molecular weight is 471 g/mol. The summed E-state index contributed by atoms with van der Waals surface area (Å²) in [5.41, 5.74) is 1.14. The molecule has 0 aliphatic heterocycles. The molecule has 0 saturated heterocycles. The molecule has 0 bridgehead atoms.